The Bertz CT molecular complexity index is 658. The van der Waals surface area contributed by atoms with E-state index in [9.17, 15) is 4.79 Å². The number of carbonyl (C=O) groups is 1. The van der Waals surface area contributed by atoms with Crippen molar-refractivity contribution in [1.82, 2.24) is 10.1 Å². The van der Waals surface area contributed by atoms with Gasteiger partial charge in [0.05, 0.1) is 5.69 Å². The summed E-state index contributed by atoms with van der Waals surface area (Å²) in [6.45, 7) is 0. The second kappa shape index (κ2) is 4.90. The van der Waals surface area contributed by atoms with E-state index in [-0.39, 0.29) is 5.69 Å². The van der Waals surface area contributed by atoms with Crippen LogP contribution in [-0.4, -0.2) is 21.2 Å². The molecule has 0 atom stereocenters. The molecule has 1 fully saturated rings. The molecule has 1 aliphatic carbocycles. The highest BCUT2D eigenvalue weighted by molar-refractivity contribution is 9.11. The summed E-state index contributed by atoms with van der Waals surface area (Å²) in [7, 11) is 0. The zero-order valence-corrected chi connectivity index (χ0v) is 12.1. The van der Waals surface area contributed by atoms with E-state index in [1.165, 1.54) is 11.3 Å². The van der Waals surface area contributed by atoms with Gasteiger partial charge in [-0.25, -0.2) is 9.78 Å². The average molecular weight is 341 g/mol. The van der Waals surface area contributed by atoms with Gasteiger partial charge in [0.1, 0.15) is 15.1 Å². The molecule has 98 valence electrons. The lowest BCUT2D eigenvalue weighted by molar-refractivity contribution is 0.0690. The number of thiazole rings is 1. The van der Waals surface area contributed by atoms with Gasteiger partial charge in [-0.05, 0) is 40.9 Å². The molecule has 3 rings (SSSR count). The molecule has 5 nitrogen and oxygen atoms in total. The van der Waals surface area contributed by atoms with Gasteiger partial charge in [-0.15, -0.1) is 11.3 Å². The van der Waals surface area contributed by atoms with Crippen molar-refractivity contribution in [2.45, 2.75) is 18.8 Å². The minimum absolute atomic E-state index is 0.0392. The number of aromatic nitrogens is 2. The van der Waals surface area contributed by atoms with Crippen molar-refractivity contribution < 1.29 is 14.4 Å². The molecule has 1 saturated carbocycles. The molecule has 2 aromatic heterocycles. The molecule has 2 aromatic rings. The summed E-state index contributed by atoms with van der Waals surface area (Å²) in [4.78, 5) is 14.9. The minimum Gasteiger partial charge on any atom is -0.476 e. The summed E-state index contributed by atoms with van der Waals surface area (Å²) in [6.07, 6.45) is 7.55. The first kappa shape index (κ1) is 12.6. The second-order valence-electron chi connectivity index (χ2n) is 4.24. The molecular formula is C12H9BrN2O3S. The molecular weight excluding hydrogens is 332 g/mol. The van der Waals surface area contributed by atoms with Crippen LogP contribution in [0, 0.1) is 0 Å². The highest BCUT2D eigenvalue weighted by Gasteiger charge is 2.28. The van der Waals surface area contributed by atoms with Gasteiger partial charge in [0, 0.05) is 11.5 Å². The molecule has 0 aromatic carbocycles. The first-order chi connectivity index (χ1) is 9.15. The quantitative estimate of drug-likeness (QED) is 0.919. The van der Waals surface area contributed by atoms with Crippen LogP contribution in [0.1, 0.15) is 45.5 Å². The topological polar surface area (TPSA) is 76.2 Å². The van der Waals surface area contributed by atoms with Gasteiger partial charge in [-0.1, -0.05) is 5.16 Å². The first-order valence-electron chi connectivity index (χ1n) is 5.67. The van der Waals surface area contributed by atoms with Crippen molar-refractivity contribution >= 4 is 45.4 Å². The average Bonchev–Trinajstić information content (AvgIpc) is 2.98. The van der Waals surface area contributed by atoms with Crippen LogP contribution in [0.3, 0.4) is 0 Å². The molecule has 1 aliphatic rings. The first-order valence-corrected chi connectivity index (χ1v) is 7.28. The predicted octanol–water partition coefficient (Wildman–Crippen LogP) is 3.64. The van der Waals surface area contributed by atoms with E-state index in [0.717, 1.165) is 24.1 Å². The number of rotatable bonds is 4. The third kappa shape index (κ3) is 2.62. The van der Waals surface area contributed by atoms with Crippen LogP contribution in [0.5, 0.6) is 0 Å². The van der Waals surface area contributed by atoms with Crippen LogP contribution in [0.4, 0.5) is 0 Å². The number of aromatic carboxylic acids is 1. The SMILES string of the molecule is O=C(O)c1nc(/C=C/c2conc2C2CC2)sc1Br. The van der Waals surface area contributed by atoms with Crippen LogP contribution in [0.15, 0.2) is 14.6 Å². The lowest BCUT2D eigenvalue weighted by Gasteiger charge is -1.90. The lowest BCUT2D eigenvalue weighted by atomic mass is 10.2. The van der Waals surface area contributed by atoms with E-state index in [1.54, 1.807) is 12.3 Å². The summed E-state index contributed by atoms with van der Waals surface area (Å²) in [5.41, 5.74) is 1.95. The fraction of sp³-hybridized carbons (Fsp3) is 0.250. The van der Waals surface area contributed by atoms with Gasteiger partial charge in [-0.3, -0.25) is 0 Å². The molecule has 0 amide bonds. The third-order valence-corrected chi connectivity index (χ3v) is 4.47. The summed E-state index contributed by atoms with van der Waals surface area (Å²) in [5.74, 6) is -0.526. The number of hydrogen-bond donors (Lipinski definition) is 1. The second-order valence-corrected chi connectivity index (χ2v) is 6.59. The zero-order chi connectivity index (χ0) is 13.4. The van der Waals surface area contributed by atoms with Crippen molar-refractivity contribution in [3.05, 3.63) is 32.0 Å². The fourth-order valence-corrected chi connectivity index (χ4v) is 3.17. The Labute approximate surface area is 121 Å². The third-order valence-electron chi connectivity index (χ3n) is 2.80. The largest absolute Gasteiger partial charge is 0.476 e. The molecule has 0 unspecified atom stereocenters. The fourth-order valence-electron chi connectivity index (χ4n) is 1.73. The monoisotopic (exact) mass is 340 g/mol. The van der Waals surface area contributed by atoms with Crippen molar-refractivity contribution in [3.63, 3.8) is 0 Å². The Kier molecular flexibility index (Phi) is 3.24. The van der Waals surface area contributed by atoms with Gasteiger partial charge in [0.25, 0.3) is 0 Å². The molecule has 7 heteroatoms. The van der Waals surface area contributed by atoms with Gasteiger partial charge in [0.15, 0.2) is 5.69 Å². The Hall–Kier alpha value is -1.47. The van der Waals surface area contributed by atoms with Crippen LogP contribution < -0.4 is 0 Å². The van der Waals surface area contributed by atoms with E-state index in [1.807, 2.05) is 6.08 Å². The summed E-state index contributed by atoms with van der Waals surface area (Å²) >= 11 is 4.48. The maximum atomic E-state index is 10.9. The standard InChI is InChI=1S/C12H9BrN2O3S/c13-11-10(12(16)17)14-8(19-11)4-3-7-5-18-15-9(7)6-1-2-6/h3-6H,1-2H2,(H,16,17)/b4-3+. The van der Waals surface area contributed by atoms with Crippen molar-refractivity contribution in [1.29, 1.82) is 0 Å². The Morgan fingerprint density at radius 2 is 2.32 bits per heavy atom. The van der Waals surface area contributed by atoms with E-state index in [0.29, 0.717) is 14.7 Å². The molecule has 0 radical (unpaired) electrons. The summed E-state index contributed by atoms with van der Waals surface area (Å²) < 4.78 is 5.50. The number of carboxylic acid groups (broad SMARTS) is 1. The Morgan fingerprint density at radius 3 is 2.95 bits per heavy atom. The molecule has 1 N–H and O–H groups in total. The van der Waals surface area contributed by atoms with E-state index >= 15 is 0 Å². The van der Waals surface area contributed by atoms with Crippen molar-refractivity contribution in [3.8, 4) is 0 Å². The maximum Gasteiger partial charge on any atom is 0.356 e. The molecule has 0 bridgehead atoms. The van der Waals surface area contributed by atoms with E-state index in [4.69, 9.17) is 9.63 Å². The van der Waals surface area contributed by atoms with Crippen LogP contribution in [0.25, 0.3) is 12.2 Å². The number of halogens is 1. The number of nitrogens with zero attached hydrogens (tertiary/aromatic N) is 2. The summed E-state index contributed by atoms with van der Waals surface area (Å²) in [5, 5.41) is 13.5. The normalized spacial score (nSPS) is 15.2. The van der Waals surface area contributed by atoms with Gasteiger partial charge in [-0.2, -0.15) is 0 Å². The van der Waals surface area contributed by atoms with E-state index < -0.39 is 5.97 Å². The van der Waals surface area contributed by atoms with Crippen molar-refractivity contribution in [2.75, 3.05) is 0 Å². The van der Waals surface area contributed by atoms with Crippen molar-refractivity contribution in [2.24, 2.45) is 0 Å². The Balaban J connectivity index is 1.84. The minimum atomic E-state index is -1.04. The highest BCUT2D eigenvalue weighted by atomic mass is 79.9. The zero-order valence-electron chi connectivity index (χ0n) is 9.67. The van der Waals surface area contributed by atoms with Gasteiger partial charge >= 0.3 is 5.97 Å². The maximum absolute atomic E-state index is 10.9. The van der Waals surface area contributed by atoms with Gasteiger partial charge < -0.3 is 9.63 Å². The molecule has 0 saturated heterocycles. The molecule has 0 spiro atoms. The summed E-state index contributed by atoms with van der Waals surface area (Å²) in [6, 6.07) is 0. The number of carboxylic acids is 1. The molecule has 2 heterocycles. The van der Waals surface area contributed by atoms with E-state index in [2.05, 4.69) is 26.1 Å². The predicted molar refractivity (Wildman–Crippen MR) is 74.2 cm³/mol. The number of hydrogen-bond acceptors (Lipinski definition) is 5. The highest BCUT2D eigenvalue weighted by Crippen LogP contribution is 2.41. The van der Waals surface area contributed by atoms with Crippen LogP contribution >= 0.6 is 27.3 Å². The Morgan fingerprint density at radius 1 is 1.53 bits per heavy atom. The molecule has 19 heavy (non-hydrogen) atoms. The van der Waals surface area contributed by atoms with Crippen LogP contribution in [0.2, 0.25) is 0 Å². The smallest absolute Gasteiger partial charge is 0.356 e. The lowest BCUT2D eigenvalue weighted by Crippen LogP contribution is -1.96. The van der Waals surface area contributed by atoms with Crippen LogP contribution in [-0.2, 0) is 0 Å². The molecule has 0 aliphatic heterocycles. The van der Waals surface area contributed by atoms with Gasteiger partial charge in [0.2, 0.25) is 0 Å².